The van der Waals surface area contributed by atoms with Gasteiger partial charge in [-0.3, -0.25) is 4.79 Å². The Hall–Kier alpha value is -1.17. The summed E-state index contributed by atoms with van der Waals surface area (Å²) in [6.07, 6.45) is 12.3. The van der Waals surface area contributed by atoms with Gasteiger partial charge in [0.2, 0.25) is 5.91 Å². The predicted octanol–water partition coefficient (Wildman–Crippen LogP) is 3.23. The zero-order valence-electron chi connectivity index (χ0n) is 19.1. The van der Waals surface area contributed by atoms with Crippen molar-refractivity contribution in [2.45, 2.75) is 70.5 Å². The molecule has 1 saturated carbocycles. The van der Waals surface area contributed by atoms with Crippen LogP contribution < -0.4 is 0 Å². The number of nitrogens with zero attached hydrogens (tertiary/aromatic N) is 2. The van der Waals surface area contributed by atoms with Crippen molar-refractivity contribution < 1.29 is 15.0 Å². The highest BCUT2D eigenvalue weighted by Gasteiger charge is 2.43. The van der Waals surface area contributed by atoms with E-state index in [0.717, 1.165) is 45.2 Å². The number of carbonyl (C=O) groups excluding carboxylic acids is 1. The van der Waals surface area contributed by atoms with Crippen molar-refractivity contribution in [1.29, 1.82) is 0 Å². The third-order valence-electron chi connectivity index (χ3n) is 6.61. The maximum Gasteiger partial charge on any atom is 0.223 e. The second-order valence-electron chi connectivity index (χ2n) is 9.75. The van der Waals surface area contributed by atoms with Crippen LogP contribution in [0.5, 0.6) is 0 Å². The Bertz CT molecular complexity index is 597. The Morgan fingerprint density at radius 3 is 2.72 bits per heavy atom. The smallest absolute Gasteiger partial charge is 0.223 e. The van der Waals surface area contributed by atoms with E-state index < -0.39 is 5.60 Å². The van der Waals surface area contributed by atoms with Crippen LogP contribution >= 0.6 is 0 Å². The molecule has 0 aliphatic heterocycles. The fourth-order valence-corrected chi connectivity index (χ4v) is 4.80. The minimum Gasteiger partial charge on any atom is -0.392 e. The summed E-state index contributed by atoms with van der Waals surface area (Å²) in [5.41, 5.74) is 0.779. The van der Waals surface area contributed by atoms with Crippen LogP contribution in [-0.4, -0.2) is 71.9 Å². The minimum absolute atomic E-state index is 0.164. The van der Waals surface area contributed by atoms with Crippen LogP contribution in [0.25, 0.3) is 0 Å². The molecule has 166 valence electrons. The predicted molar refractivity (Wildman–Crippen MR) is 119 cm³/mol. The van der Waals surface area contributed by atoms with E-state index in [1.54, 1.807) is 19.0 Å². The summed E-state index contributed by atoms with van der Waals surface area (Å²) in [6, 6.07) is 0. The Kier molecular flexibility index (Phi) is 8.92. The summed E-state index contributed by atoms with van der Waals surface area (Å²) < 4.78 is 0. The molecule has 0 aromatic heterocycles. The number of aliphatic hydroxyl groups is 2. The molecule has 0 unspecified atom stereocenters. The number of amides is 1. The third-order valence-corrected chi connectivity index (χ3v) is 6.61. The first kappa shape index (κ1) is 24.1. The van der Waals surface area contributed by atoms with Crippen LogP contribution in [0.3, 0.4) is 0 Å². The maximum atomic E-state index is 11.8. The van der Waals surface area contributed by atoms with Crippen molar-refractivity contribution in [1.82, 2.24) is 9.80 Å². The van der Waals surface area contributed by atoms with Crippen molar-refractivity contribution in [3.8, 4) is 0 Å². The normalized spacial score (nSPS) is 28.6. The highest BCUT2D eigenvalue weighted by atomic mass is 16.3. The van der Waals surface area contributed by atoms with E-state index in [1.807, 2.05) is 6.92 Å². The van der Waals surface area contributed by atoms with Gasteiger partial charge in [0.1, 0.15) is 0 Å². The van der Waals surface area contributed by atoms with Crippen molar-refractivity contribution in [2.24, 2.45) is 17.8 Å². The second kappa shape index (κ2) is 10.7. The van der Waals surface area contributed by atoms with E-state index in [0.29, 0.717) is 24.7 Å². The molecule has 2 aliphatic carbocycles. The lowest BCUT2D eigenvalue weighted by Gasteiger charge is -2.23. The number of aliphatic hydroxyl groups excluding tert-OH is 1. The molecule has 0 aromatic carbocycles. The van der Waals surface area contributed by atoms with Crippen LogP contribution in [0, 0.1) is 17.8 Å². The summed E-state index contributed by atoms with van der Waals surface area (Å²) >= 11 is 0. The summed E-state index contributed by atoms with van der Waals surface area (Å²) in [6.45, 7) is 5.71. The van der Waals surface area contributed by atoms with Gasteiger partial charge in [-0.15, -0.1) is 0 Å². The molecule has 5 heteroatoms. The molecule has 1 amide bonds. The molecule has 0 saturated heterocycles. The van der Waals surface area contributed by atoms with Crippen LogP contribution in [0.4, 0.5) is 0 Å². The van der Waals surface area contributed by atoms with Gasteiger partial charge in [-0.25, -0.2) is 0 Å². The SMILES string of the molecule is CCCC[C@](C)(O)C/C=C/[C@@H]1[C@H]2CC(CN(C)CCC(=O)N(C)C)=C[C@H]2C[C@H]1O. The highest BCUT2D eigenvalue weighted by Crippen LogP contribution is 2.47. The van der Waals surface area contributed by atoms with Crippen molar-refractivity contribution >= 4 is 5.91 Å². The molecule has 2 N–H and O–H groups in total. The van der Waals surface area contributed by atoms with Crippen molar-refractivity contribution in [3.63, 3.8) is 0 Å². The first-order valence-electron chi connectivity index (χ1n) is 11.3. The number of hydrogen-bond donors (Lipinski definition) is 2. The van der Waals surface area contributed by atoms with Crippen LogP contribution in [-0.2, 0) is 4.79 Å². The van der Waals surface area contributed by atoms with Gasteiger partial charge in [-0.2, -0.15) is 0 Å². The maximum absolute atomic E-state index is 11.8. The van der Waals surface area contributed by atoms with Gasteiger partial charge < -0.3 is 20.0 Å². The van der Waals surface area contributed by atoms with E-state index in [-0.39, 0.29) is 17.9 Å². The number of unbranched alkanes of at least 4 members (excludes halogenated alkanes) is 1. The molecule has 0 radical (unpaired) electrons. The van der Waals surface area contributed by atoms with E-state index in [4.69, 9.17) is 0 Å². The van der Waals surface area contributed by atoms with Gasteiger partial charge in [-0.1, -0.05) is 43.6 Å². The number of fused-ring (bicyclic) bond motifs is 1. The van der Waals surface area contributed by atoms with E-state index in [9.17, 15) is 15.0 Å². The number of allylic oxidation sites excluding steroid dienone is 1. The monoisotopic (exact) mass is 406 g/mol. The molecule has 5 nitrogen and oxygen atoms in total. The van der Waals surface area contributed by atoms with Crippen LogP contribution in [0.1, 0.15) is 58.8 Å². The van der Waals surface area contributed by atoms with Crippen molar-refractivity contribution in [3.05, 3.63) is 23.8 Å². The molecular formula is C24H42N2O3. The molecule has 29 heavy (non-hydrogen) atoms. The molecule has 0 aromatic rings. The molecule has 5 atom stereocenters. The number of rotatable bonds is 11. The van der Waals surface area contributed by atoms with E-state index >= 15 is 0 Å². The largest absolute Gasteiger partial charge is 0.392 e. The number of carbonyl (C=O) groups is 1. The lowest BCUT2D eigenvalue weighted by molar-refractivity contribution is -0.128. The molecule has 0 heterocycles. The lowest BCUT2D eigenvalue weighted by Crippen LogP contribution is -2.29. The molecule has 0 bridgehead atoms. The molecule has 0 spiro atoms. The Morgan fingerprint density at radius 2 is 2.07 bits per heavy atom. The first-order valence-corrected chi connectivity index (χ1v) is 11.3. The first-order chi connectivity index (χ1) is 13.6. The average Bonchev–Trinajstić information content (AvgIpc) is 3.15. The summed E-state index contributed by atoms with van der Waals surface area (Å²) in [4.78, 5) is 15.7. The summed E-state index contributed by atoms with van der Waals surface area (Å²) in [7, 11) is 5.67. The van der Waals surface area contributed by atoms with Crippen LogP contribution in [0.2, 0.25) is 0 Å². The number of hydrogen-bond acceptors (Lipinski definition) is 4. The topological polar surface area (TPSA) is 64.0 Å². The zero-order chi connectivity index (χ0) is 21.6. The van der Waals surface area contributed by atoms with Gasteiger partial charge in [0.05, 0.1) is 11.7 Å². The van der Waals surface area contributed by atoms with E-state index in [2.05, 4.69) is 37.1 Å². The molecule has 2 aliphatic rings. The zero-order valence-corrected chi connectivity index (χ0v) is 19.1. The van der Waals surface area contributed by atoms with Gasteiger partial charge in [0, 0.05) is 39.5 Å². The minimum atomic E-state index is -0.652. The third kappa shape index (κ3) is 7.23. The second-order valence-corrected chi connectivity index (χ2v) is 9.75. The lowest BCUT2D eigenvalue weighted by atomic mass is 9.88. The van der Waals surface area contributed by atoms with Crippen LogP contribution in [0.15, 0.2) is 23.8 Å². The highest BCUT2D eigenvalue weighted by molar-refractivity contribution is 5.75. The quantitative estimate of drug-likeness (QED) is 0.517. The summed E-state index contributed by atoms with van der Waals surface area (Å²) in [5.74, 6) is 1.26. The number of likely N-dealkylation sites (N-methyl/N-ethyl adjacent to an activating group) is 1. The van der Waals surface area contributed by atoms with Gasteiger partial charge in [0.15, 0.2) is 0 Å². The Labute approximate surface area is 177 Å². The molecule has 2 rings (SSSR count). The van der Waals surface area contributed by atoms with Gasteiger partial charge in [0.25, 0.3) is 0 Å². The standard InChI is InChI=1S/C24H42N2O3/c1-6-7-11-24(2,29)12-8-9-20-21-15-18(14-19(21)16-22(20)27)17-26(5)13-10-23(28)25(3)4/h8-9,14,19-22,27,29H,6-7,10-13,15-17H2,1-5H3/b9-8+/t19-,20+,21-,22+,24-/m0/s1. The van der Waals surface area contributed by atoms with Gasteiger partial charge in [-0.05, 0) is 51.5 Å². The Morgan fingerprint density at radius 1 is 1.34 bits per heavy atom. The fourth-order valence-electron chi connectivity index (χ4n) is 4.80. The average molecular weight is 407 g/mol. The fraction of sp³-hybridized carbons (Fsp3) is 0.792. The van der Waals surface area contributed by atoms with E-state index in [1.165, 1.54) is 5.57 Å². The molecular weight excluding hydrogens is 364 g/mol. The van der Waals surface area contributed by atoms with Gasteiger partial charge >= 0.3 is 0 Å². The summed E-state index contributed by atoms with van der Waals surface area (Å²) in [5, 5.41) is 21.0. The van der Waals surface area contributed by atoms with Crippen molar-refractivity contribution in [2.75, 3.05) is 34.2 Å². The Balaban J connectivity index is 1.84. The molecule has 1 fully saturated rings.